The van der Waals surface area contributed by atoms with Crippen molar-refractivity contribution in [3.05, 3.63) is 66.0 Å². The number of hydrogen-bond acceptors (Lipinski definition) is 4. The molecular formula is C21H20N4O2. The van der Waals surface area contributed by atoms with Crippen LogP contribution in [0.2, 0.25) is 0 Å². The van der Waals surface area contributed by atoms with Crippen LogP contribution in [0.1, 0.15) is 17.5 Å². The van der Waals surface area contributed by atoms with E-state index in [1.165, 1.54) is 6.08 Å². The minimum atomic E-state index is -0.181. The molecule has 0 atom stereocenters. The van der Waals surface area contributed by atoms with Crippen molar-refractivity contribution in [1.82, 2.24) is 14.9 Å². The standard InChI is InChI=1S/C21H20N4O2/c1-27-21-10-7-16(14-24-21)13-23-20(26)9-8-17-15-25(12-4-11-22)19-6-3-2-5-18(17)19/h2-3,5-10,14-15H,4,12-13H2,1H3,(H,23,26)/b9-8+. The molecule has 0 bridgehead atoms. The third kappa shape index (κ3) is 4.53. The highest BCUT2D eigenvalue weighted by molar-refractivity contribution is 5.96. The van der Waals surface area contributed by atoms with Crippen LogP contribution in [0, 0.1) is 11.3 Å². The Morgan fingerprint density at radius 3 is 2.93 bits per heavy atom. The van der Waals surface area contributed by atoms with Gasteiger partial charge in [-0.2, -0.15) is 5.26 Å². The number of pyridine rings is 1. The van der Waals surface area contributed by atoms with E-state index >= 15 is 0 Å². The first kappa shape index (κ1) is 18.2. The zero-order valence-corrected chi connectivity index (χ0v) is 15.1. The number of nitrogens with one attached hydrogen (secondary N) is 1. The number of para-hydroxylation sites is 1. The molecule has 0 saturated heterocycles. The average Bonchev–Trinajstić information content (AvgIpc) is 3.07. The molecule has 136 valence electrons. The lowest BCUT2D eigenvalue weighted by atomic mass is 10.1. The minimum Gasteiger partial charge on any atom is -0.481 e. The lowest BCUT2D eigenvalue weighted by Gasteiger charge is -2.03. The Balaban J connectivity index is 1.67. The largest absolute Gasteiger partial charge is 0.481 e. The fourth-order valence-electron chi connectivity index (χ4n) is 2.81. The van der Waals surface area contributed by atoms with Gasteiger partial charge < -0.3 is 14.6 Å². The van der Waals surface area contributed by atoms with Crippen LogP contribution in [0.4, 0.5) is 0 Å². The molecule has 0 radical (unpaired) electrons. The zero-order chi connectivity index (χ0) is 19.1. The van der Waals surface area contributed by atoms with E-state index in [0.29, 0.717) is 25.4 Å². The first-order chi connectivity index (χ1) is 13.2. The third-order valence-electron chi connectivity index (χ3n) is 4.17. The molecule has 2 aromatic heterocycles. The molecule has 3 aromatic rings. The molecule has 3 rings (SSSR count). The van der Waals surface area contributed by atoms with E-state index in [4.69, 9.17) is 10.00 Å². The molecule has 0 unspecified atom stereocenters. The lowest BCUT2D eigenvalue weighted by Crippen LogP contribution is -2.20. The second kappa shape index (κ2) is 8.68. The van der Waals surface area contributed by atoms with Crippen molar-refractivity contribution in [2.24, 2.45) is 0 Å². The number of nitrogens with zero attached hydrogens (tertiary/aromatic N) is 3. The van der Waals surface area contributed by atoms with Crippen molar-refractivity contribution in [3.63, 3.8) is 0 Å². The van der Waals surface area contributed by atoms with Crippen molar-refractivity contribution in [2.75, 3.05) is 7.11 Å². The maximum atomic E-state index is 12.1. The Labute approximate surface area is 157 Å². The van der Waals surface area contributed by atoms with Crippen molar-refractivity contribution >= 4 is 22.9 Å². The number of amides is 1. The molecule has 0 aliphatic rings. The first-order valence-electron chi connectivity index (χ1n) is 8.61. The van der Waals surface area contributed by atoms with Crippen molar-refractivity contribution < 1.29 is 9.53 Å². The number of aromatic nitrogens is 2. The van der Waals surface area contributed by atoms with Gasteiger partial charge in [0.05, 0.1) is 19.6 Å². The van der Waals surface area contributed by atoms with Crippen LogP contribution in [0.15, 0.2) is 54.9 Å². The quantitative estimate of drug-likeness (QED) is 0.656. The number of carbonyl (C=O) groups excluding carboxylic acids is 1. The monoisotopic (exact) mass is 360 g/mol. The van der Waals surface area contributed by atoms with E-state index in [1.807, 2.05) is 41.1 Å². The highest BCUT2D eigenvalue weighted by Crippen LogP contribution is 2.22. The van der Waals surface area contributed by atoms with Gasteiger partial charge >= 0.3 is 0 Å². The number of methoxy groups -OCH3 is 1. The summed E-state index contributed by atoms with van der Waals surface area (Å²) >= 11 is 0. The molecule has 0 saturated carbocycles. The zero-order valence-electron chi connectivity index (χ0n) is 15.1. The fourth-order valence-corrected chi connectivity index (χ4v) is 2.81. The Morgan fingerprint density at radius 1 is 1.33 bits per heavy atom. The van der Waals surface area contributed by atoms with Crippen LogP contribution in [-0.2, 0) is 17.9 Å². The summed E-state index contributed by atoms with van der Waals surface area (Å²) in [6, 6.07) is 13.7. The summed E-state index contributed by atoms with van der Waals surface area (Å²) in [7, 11) is 1.56. The number of fused-ring (bicyclic) bond motifs is 1. The molecular weight excluding hydrogens is 340 g/mol. The van der Waals surface area contributed by atoms with E-state index in [1.54, 1.807) is 25.4 Å². The smallest absolute Gasteiger partial charge is 0.244 e. The van der Waals surface area contributed by atoms with E-state index in [0.717, 1.165) is 22.0 Å². The van der Waals surface area contributed by atoms with Crippen LogP contribution in [0.5, 0.6) is 5.88 Å². The van der Waals surface area contributed by atoms with Crippen LogP contribution < -0.4 is 10.1 Å². The summed E-state index contributed by atoms with van der Waals surface area (Å²) in [6.07, 6.45) is 7.41. The van der Waals surface area contributed by atoms with Gasteiger partial charge in [-0.05, 0) is 17.7 Å². The fraction of sp³-hybridized carbons (Fsp3) is 0.190. The van der Waals surface area contributed by atoms with Gasteiger partial charge in [0.25, 0.3) is 0 Å². The Bertz CT molecular complexity index is 997. The number of aryl methyl sites for hydroxylation is 1. The molecule has 1 amide bonds. The predicted octanol–water partition coefficient (Wildman–Crippen LogP) is 3.29. The number of benzene rings is 1. The predicted molar refractivity (Wildman–Crippen MR) is 104 cm³/mol. The molecule has 0 spiro atoms. The lowest BCUT2D eigenvalue weighted by molar-refractivity contribution is -0.116. The summed E-state index contributed by atoms with van der Waals surface area (Å²) in [6.45, 7) is 1.02. The molecule has 27 heavy (non-hydrogen) atoms. The number of hydrogen-bond donors (Lipinski definition) is 1. The summed E-state index contributed by atoms with van der Waals surface area (Å²) in [5.74, 6) is 0.359. The molecule has 1 N–H and O–H groups in total. The molecule has 2 heterocycles. The van der Waals surface area contributed by atoms with Gasteiger partial charge in [-0.1, -0.05) is 24.3 Å². The molecule has 6 nitrogen and oxygen atoms in total. The summed E-state index contributed by atoms with van der Waals surface area (Å²) in [4.78, 5) is 16.2. The number of nitriles is 1. The molecule has 0 fully saturated rings. The van der Waals surface area contributed by atoms with Crippen molar-refractivity contribution in [2.45, 2.75) is 19.5 Å². The molecule has 0 aliphatic carbocycles. The highest BCUT2D eigenvalue weighted by Gasteiger charge is 2.06. The van der Waals surface area contributed by atoms with Crippen LogP contribution in [0.3, 0.4) is 0 Å². The number of carbonyl (C=O) groups is 1. The third-order valence-corrected chi connectivity index (χ3v) is 4.17. The van der Waals surface area contributed by atoms with Gasteiger partial charge in [-0.25, -0.2) is 4.98 Å². The summed E-state index contributed by atoms with van der Waals surface area (Å²) in [5.41, 5.74) is 2.90. The van der Waals surface area contributed by atoms with Crippen molar-refractivity contribution in [3.8, 4) is 11.9 Å². The number of ether oxygens (including phenoxy) is 1. The van der Waals surface area contributed by atoms with Gasteiger partial charge in [0.15, 0.2) is 0 Å². The Morgan fingerprint density at radius 2 is 2.19 bits per heavy atom. The molecule has 6 heteroatoms. The Kier molecular flexibility index (Phi) is 5.85. The number of rotatable bonds is 7. The van der Waals surface area contributed by atoms with E-state index < -0.39 is 0 Å². The van der Waals surface area contributed by atoms with Crippen LogP contribution in [-0.4, -0.2) is 22.6 Å². The van der Waals surface area contributed by atoms with Crippen molar-refractivity contribution in [1.29, 1.82) is 5.26 Å². The topological polar surface area (TPSA) is 79.9 Å². The first-order valence-corrected chi connectivity index (χ1v) is 8.61. The summed E-state index contributed by atoms with van der Waals surface area (Å²) in [5, 5.41) is 12.7. The maximum Gasteiger partial charge on any atom is 0.244 e. The summed E-state index contributed by atoms with van der Waals surface area (Å²) < 4.78 is 7.06. The molecule has 0 aliphatic heterocycles. The Hall–Kier alpha value is -3.59. The van der Waals surface area contributed by atoms with E-state index in [2.05, 4.69) is 16.4 Å². The van der Waals surface area contributed by atoms with Crippen LogP contribution in [0.25, 0.3) is 17.0 Å². The normalized spacial score (nSPS) is 10.8. The van der Waals surface area contributed by atoms with Gasteiger partial charge in [-0.3, -0.25) is 4.79 Å². The van der Waals surface area contributed by atoms with Gasteiger partial charge in [0.2, 0.25) is 11.8 Å². The van der Waals surface area contributed by atoms with Crippen LogP contribution >= 0.6 is 0 Å². The average molecular weight is 360 g/mol. The van der Waals surface area contributed by atoms with Gasteiger partial charge in [-0.15, -0.1) is 0 Å². The SMILES string of the molecule is COc1ccc(CNC(=O)/C=C/c2cn(CCC#N)c3ccccc23)cn1. The second-order valence-corrected chi connectivity index (χ2v) is 5.96. The second-order valence-electron chi connectivity index (χ2n) is 5.96. The highest BCUT2D eigenvalue weighted by atomic mass is 16.5. The van der Waals surface area contributed by atoms with Gasteiger partial charge in [0, 0.05) is 54.1 Å². The maximum absolute atomic E-state index is 12.1. The molecule has 1 aromatic carbocycles. The minimum absolute atomic E-state index is 0.181. The van der Waals surface area contributed by atoms with Gasteiger partial charge in [0.1, 0.15) is 0 Å². The van der Waals surface area contributed by atoms with E-state index in [-0.39, 0.29) is 5.91 Å². The van der Waals surface area contributed by atoms with E-state index in [9.17, 15) is 4.79 Å².